The summed E-state index contributed by atoms with van der Waals surface area (Å²) in [5.74, 6) is -1.09. The zero-order valence-corrected chi connectivity index (χ0v) is 10.8. The minimum absolute atomic E-state index is 0.0693. The van der Waals surface area contributed by atoms with Crippen LogP contribution in [0.15, 0.2) is 24.3 Å². The number of carbonyl (C=O) groups is 1. The van der Waals surface area contributed by atoms with Crippen molar-refractivity contribution in [1.82, 2.24) is 5.32 Å². The highest BCUT2D eigenvalue weighted by atomic mass is 16.5. The quantitative estimate of drug-likeness (QED) is 0.659. The molecule has 0 heterocycles. The molecule has 0 saturated carbocycles. The third-order valence-electron chi connectivity index (χ3n) is 2.02. The van der Waals surface area contributed by atoms with Gasteiger partial charge in [-0.15, -0.1) is 0 Å². The minimum atomic E-state index is -3.25. The van der Waals surface area contributed by atoms with E-state index in [1.54, 1.807) is 13.8 Å². The maximum Gasteiger partial charge on any atom is 0.307 e. The van der Waals surface area contributed by atoms with E-state index in [4.69, 9.17) is 16.7 Å². The molecule has 0 fully saturated rings. The van der Waals surface area contributed by atoms with Crippen LogP contribution in [0.3, 0.4) is 0 Å². The van der Waals surface area contributed by atoms with E-state index in [1.807, 2.05) is 0 Å². The normalized spacial score (nSPS) is 19.5. The van der Waals surface area contributed by atoms with Crippen molar-refractivity contribution in [2.24, 2.45) is 0 Å². The standard InChI is InChI=1S/C14H21NO4/c1-10(2)15-8-12(16)9-19-13-5-3-11(4-6-13)7-14(17)18/h3-6,10,12,15-16H,7-9H2,1-2H3,(H,17,18)/i8D2,9D2,12D. The van der Waals surface area contributed by atoms with Crippen LogP contribution in [0.1, 0.15) is 26.3 Å². The number of carboxylic acid groups (broad SMARTS) is 1. The fraction of sp³-hybridized carbons (Fsp3) is 0.500. The Morgan fingerprint density at radius 2 is 2.11 bits per heavy atom. The molecule has 0 radical (unpaired) electrons. The molecule has 106 valence electrons. The van der Waals surface area contributed by atoms with Gasteiger partial charge in [-0.25, -0.2) is 0 Å². The molecule has 0 spiro atoms. The van der Waals surface area contributed by atoms with Gasteiger partial charge in [0.15, 0.2) is 0 Å². The van der Waals surface area contributed by atoms with Gasteiger partial charge in [-0.1, -0.05) is 26.0 Å². The maximum atomic E-state index is 10.6. The molecule has 0 aliphatic rings. The van der Waals surface area contributed by atoms with Crippen molar-refractivity contribution in [3.63, 3.8) is 0 Å². The Kier molecular flexibility index (Phi) is 3.81. The first-order valence-electron chi connectivity index (χ1n) is 8.28. The number of rotatable bonds is 8. The largest absolute Gasteiger partial charge is 0.491 e. The van der Waals surface area contributed by atoms with Crippen LogP contribution < -0.4 is 10.1 Å². The first-order valence-corrected chi connectivity index (χ1v) is 5.78. The lowest BCUT2D eigenvalue weighted by atomic mass is 10.1. The summed E-state index contributed by atoms with van der Waals surface area (Å²) in [6.45, 7) is -2.68. The second-order valence-corrected chi connectivity index (χ2v) is 4.19. The van der Waals surface area contributed by atoms with Crippen molar-refractivity contribution in [3.8, 4) is 5.75 Å². The first kappa shape index (κ1) is 9.34. The highest BCUT2D eigenvalue weighted by molar-refractivity contribution is 5.70. The van der Waals surface area contributed by atoms with Crippen molar-refractivity contribution in [1.29, 1.82) is 0 Å². The van der Waals surface area contributed by atoms with Crippen LogP contribution in [0.2, 0.25) is 0 Å². The molecule has 0 amide bonds. The summed E-state index contributed by atoms with van der Waals surface area (Å²) >= 11 is 0. The van der Waals surface area contributed by atoms with E-state index in [-0.39, 0.29) is 12.2 Å². The summed E-state index contributed by atoms with van der Waals surface area (Å²) in [5, 5.41) is 21.1. The average molecular weight is 272 g/mol. The fourth-order valence-corrected chi connectivity index (χ4v) is 1.20. The van der Waals surface area contributed by atoms with E-state index in [1.165, 1.54) is 24.3 Å². The molecule has 1 unspecified atom stereocenters. The third-order valence-corrected chi connectivity index (χ3v) is 2.02. The molecule has 3 N–H and O–H groups in total. The lowest BCUT2D eigenvalue weighted by molar-refractivity contribution is -0.136. The minimum Gasteiger partial charge on any atom is -0.491 e. The molecule has 1 aromatic carbocycles. The molecule has 0 bridgehead atoms. The van der Waals surface area contributed by atoms with Crippen LogP contribution in [-0.4, -0.2) is 41.4 Å². The average Bonchev–Trinajstić information content (AvgIpc) is 2.38. The number of nitrogens with one attached hydrogen (secondary N) is 1. The zero-order valence-electron chi connectivity index (χ0n) is 15.8. The van der Waals surface area contributed by atoms with Gasteiger partial charge in [0.2, 0.25) is 0 Å². The Bertz CT molecular complexity index is 575. The van der Waals surface area contributed by atoms with E-state index in [9.17, 15) is 9.90 Å². The smallest absolute Gasteiger partial charge is 0.307 e. The van der Waals surface area contributed by atoms with Crippen molar-refractivity contribution in [3.05, 3.63) is 29.8 Å². The van der Waals surface area contributed by atoms with Crippen LogP contribution in [0.4, 0.5) is 0 Å². The predicted molar refractivity (Wildman–Crippen MR) is 72.4 cm³/mol. The van der Waals surface area contributed by atoms with Crippen molar-refractivity contribution in [2.75, 3.05) is 13.1 Å². The lowest BCUT2D eigenvalue weighted by Gasteiger charge is -2.15. The molecule has 5 nitrogen and oxygen atoms in total. The molecular weight excluding hydrogens is 246 g/mol. The van der Waals surface area contributed by atoms with Crippen LogP contribution >= 0.6 is 0 Å². The van der Waals surface area contributed by atoms with Crippen LogP contribution in [-0.2, 0) is 11.2 Å². The van der Waals surface area contributed by atoms with E-state index in [2.05, 4.69) is 5.32 Å². The number of carboxylic acids is 1. The molecule has 1 atom stereocenters. The van der Waals surface area contributed by atoms with Gasteiger partial charge in [0.05, 0.1) is 10.5 Å². The van der Waals surface area contributed by atoms with Gasteiger partial charge in [0.1, 0.15) is 18.4 Å². The highest BCUT2D eigenvalue weighted by Crippen LogP contribution is 2.12. The number of aliphatic carboxylic acids is 1. The number of ether oxygens (including phenoxy) is 1. The van der Waals surface area contributed by atoms with Gasteiger partial charge >= 0.3 is 5.97 Å². The molecule has 0 aliphatic heterocycles. The topological polar surface area (TPSA) is 78.8 Å². The first-order chi connectivity index (χ1) is 10.8. The zero-order chi connectivity index (χ0) is 18.8. The fourth-order valence-electron chi connectivity index (χ4n) is 1.20. The summed E-state index contributed by atoms with van der Waals surface area (Å²) < 4.78 is 43.7. The molecule has 0 saturated heterocycles. The van der Waals surface area contributed by atoms with E-state index < -0.39 is 31.1 Å². The Hall–Kier alpha value is -1.59. The van der Waals surface area contributed by atoms with Crippen molar-refractivity contribution >= 4 is 5.97 Å². The Labute approximate surface area is 120 Å². The molecular formula is C14H21NO4. The number of benzene rings is 1. The van der Waals surface area contributed by atoms with Gasteiger partial charge < -0.3 is 20.3 Å². The van der Waals surface area contributed by atoms with Gasteiger partial charge in [0.25, 0.3) is 0 Å². The highest BCUT2D eigenvalue weighted by Gasteiger charge is 2.06. The Balaban J connectivity index is 2.96. The second-order valence-electron chi connectivity index (χ2n) is 4.19. The number of aliphatic hydroxyl groups is 1. The van der Waals surface area contributed by atoms with Gasteiger partial charge in [-0.3, -0.25) is 4.79 Å². The van der Waals surface area contributed by atoms with Crippen LogP contribution in [0.25, 0.3) is 0 Å². The summed E-state index contributed by atoms with van der Waals surface area (Å²) in [4.78, 5) is 10.6. The summed E-state index contributed by atoms with van der Waals surface area (Å²) in [7, 11) is 0. The predicted octanol–water partition coefficient (Wildman–Crippen LogP) is 1.05. The van der Waals surface area contributed by atoms with E-state index in [0.29, 0.717) is 5.56 Å². The molecule has 1 aromatic rings. The number of hydrogen-bond donors (Lipinski definition) is 3. The van der Waals surface area contributed by atoms with Crippen molar-refractivity contribution < 1.29 is 26.6 Å². The monoisotopic (exact) mass is 272 g/mol. The van der Waals surface area contributed by atoms with Crippen LogP contribution in [0, 0.1) is 0 Å². The maximum absolute atomic E-state index is 10.6. The molecule has 0 aromatic heterocycles. The Morgan fingerprint density at radius 3 is 2.63 bits per heavy atom. The third kappa shape index (κ3) is 6.79. The second kappa shape index (κ2) is 7.76. The summed E-state index contributed by atoms with van der Waals surface area (Å²) in [5.41, 5.74) is 0.466. The molecule has 1 rings (SSSR count). The number of hydrogen-bond acceptors (Lipinski definition) is 4. The van der Waals surface area contributed by atoms with E-state index in [0.717, 1.165) is 0 Å². The van der Waals surface area contributed by atoms with E-state index >= 15 is 0 Å². The molecule has 19 heavy (non-hydrogen) atoms. The van der Waals surface area contributed by atoms with Gasteiger partial charge in [-0.05, 0) is 17.7 Å². The molecule has 0 aliphatic carbocycles. The van der Waals surface area contributed by atoms with Crippen molar-refractivity contribution in [2.45, 2.75) is 32.4 Å². The lowest BCUT2D eigenvalue weighted by Crippen LogP contribution is -2.35. The van der Waals surface area contributed by atoms with Gasteiger partial charge in [-0.2, -0.15) is 0 Å². The van der Waals surface area contributed by atoms with Crippen LogP contribution in [0.5, 0.6) is 5.75 Å². The molecule has 5 heteroatoms. The SMILES string of the molecule is [2H]C([2H])(NC(C)C)C([2H])(O)C([2H])([2H])Oc1ccc(CC(=O)O)cc1. The summed E-state index contributed by atoms with van der Waals surface area (Å²) in [6.07, 6.45) is -3.46. The van der Waals surface area contributed by atoms with Gasteiger partial charge in [0, 0.05) is 15.3 Å². The summed E-state index contributed by atoms with van der Waals surface area (Å²) in [6, 6.07) is 4.95. The Morgan fingerprint density at radius 1 is 1.47 bits per heavy atom.